The van der Waals surface area contributed by atoms with Gasteiger partial charge in [0.05, 0.1) is 12.3 Å². The zero-order valence-corrected chi connectivity index (χ0v) is 10.1. The summed E-state index contributed by atoms with van der Waals surface area (Å²) in [6.45, 7) is -0.415. The predicted octanol–water partition coefficient (Wildman–Crippen LogP) is -1.42. The highest BCUT2D eigenvalue weighted by Gasteiger charge is 2.44. The van der Waals surface area contributed by atoms with Gasteiger partial charge < -0.3 is 31.5 Å². The molecule has 100 valence electrons. The van der Waals surface area contributed by atoms with Crippen molar-refractivity contribution >= 4 is 22.9 Å². The van der Waals surface area contributed by atoms with Gasteiger partial charge >= 0.3 is 0 Å². The molecule has 0 aromatic carbocycles. The van der Waals surface area contributed by atoms with Crippen molar-refractivity contribution in [1.29, 1.82) is 0 Å². The van der Waals surface area contributed by atoms with Crippen molar-refractivity contribution in [2.24, 2.45) is 5.73 Å². The first kappa shape index (κ1) is 13.2. The number of nitrogen functional groups attached to an aromatic ring is 1. The third-order valence-electron chi connectivity index (χ3n) is 2.93. The van der Waals surface area contributed by atoms with Crippen molar-refractivity contribution in [3.05, 3.63) is 15.8 Å². The van der Waals surface area contributed by atoms with Crippen molar-refractivity contribution in [2.75, 3.05) is 12.3 Å². The number of nitrogens with two attached hydrogens (primary N) is 2. The van der Waals surface area contributed by atoms with Crippen LogP contribution in [0.2, 0.25) is 0 Å². The van der Waals surface area contributed by atoms with Gasteiger partial charge in [-0.2, -0.15) is 0 Å². The van der Waals surface area contributed by atoms with Crippen LogP contribution in [0.15, 0.2) is 5.38 Å². The van der Waals surface area contributed by atoms with E-state index in [1.165, 1.54) is 0 Å². The van der Waals surface area contributed by atoms with Crippen LogP contribution < -0.4 is 11.5 Å². The smallest absolute Gasteiger partial charge is 0.260 e. The molecule has 1 aliphatic rings. The van der Waals surface area contributed by atoms with Gasteiger partial charge in [0.25, 0.3) is 5.91 Å². The molecule has 0 radical (unpaired) electrons. The van der Waals surface area contributed by atoms with Gasteiger partial charge in [-0.3, -0.25) is 4.79 Å². The van der Waals surface area contributed by atoms with Crippen molar-refractivity contribution in [2.45, 2.75) is 24.4 Å². The summed E-state index contributed by atoms with van der Waals surface area (Å²) in [6, 6.07) is 0. The number of ether oxygens (including phenoxy) is 1. The monoisotopic (exact) mass is 274 g/mol. The molecule has 2 heterocycles. The number of aliphatic hydroxyl groups is 3. The minimum atomic E-state index is -1.21. The maximum Gasteiger partial charge on any atom is 0.260 e. The molecule has 0 aliphatic carbocycles. The lowest BCUT2D eigenvalue weighted by Crippen LogP contribution is -2.32. The number of carbonyl (C=O) groups excluding carboxylic acids is 1. The molecule has 1 aromatic heterocycles. The summed E-state index contributed by atoms with van der Waals surface area (Å²) in [6.07, 6.45) is -4.15. The number of amides is 1. The summed E-state index contributed by atoms with van der Waals surface area (Å²) in [5, 5.41) is 30.0. The van der Waals surface area contributed by atoms with E-state index < -0.39 is 36.9 Å². The second-order valence-corrected chi connectivity index (χ2v) is 4.94. The Hall–Kier alpha value is -1.19. The molecule has 0 unspecified atom stereocenters. The molecule has 1 amide bonds. The summed E-state index contributed by atoms with van der Waals surface area (Å²) in [5.41, 5.74) is 11.4. The largest absolute Gasteiger partial charge is 0.397 e. The number of primary amides is 1. The molecule has 0 bridgehead atoms. The fourth-order valence-corrected chi connectivity index (χ4v) is 2.82. The Morgan fingerprint density at radius 2 is 2.11 bits per heavy atom. The molecule has 1 aliphatic heterocycles. The molecule has 1 fully saturated rings. The van der Waals surface area contributed by atoms with E-state index in [1.54, 1.807) is 5.38 Å². The molecule has 0 spiro atoms. The van der Waals surface area contributed by atoms with E-state index in [9.17, 15) is 15.0 Å². The lowest BCUT2D eigenvalue weighted by atomic mass is 10.0. The first-order valence-corrected chi connectivity index (χ1v) is 6.14. The quantitative estimate of drug-likeness (QED) is 0.458. The van der Waals surface area contributed by atoms with Gasteiger partial charge in [-0.15, -0.1) is 11.3 Å². The number of anilines is 1. The lowest BCUT2D eigenvalue weighted by molar-refractivity contribution is -0.0224. The fourth-order valence-electron chi connectivity index (χ4n) is 1.95. The van der Waals surface area contributed by atoms with Crippen LogP contribution in [0.5, 0.6) is 0 Å². The van der Waals surface area contributed by atoms with Crippen molar-refractivity contribution in [3.8, 4) is 0 Å². The van der Waals surface area contributed by atoms with Gasteiger partial charge in [0, 0.05) is 5.56 Å². The molecule has 0 saturated carbocycles. The zero-order valence-electron chi connectivity index (χ0n) is 9.31. The normalized spacial score (nSPS) is 31.7. The van der Waals surface area contributed by atoms with Gasteiger partial charge in [0.2, 0.25) is 0 Å². The number of hydrogen-bond donors (Lipinski definition) is 5. The molecule has 7 N–H and O–H groups in total. The van der Waals surface area contributed by atoms with Crippen molar-refractivity contribution in [1.82, 2.24) is 0 Å². The highest BCUT2D eigenvalue weighted by atomic mass is 32.1. The Balaban J connectivity index is 2.30. The highest BCUT2D eigenvalue weighted by Crippen LogP contribution is 2.39. The summed E-state index contributed by atoms with van der Waals surface area (Å²) < 4.78 is 5.32. The minimum absolute atomic E-state index is 0.141. The van der Waals surface area contributed by atoms with E-state index in [-0.39, 0.29) is 10.6 Å². The molecule has 2 rings (SSSR count). The van der Waals surface area contributed by atoms with Crippen LogP contribution in [0.4, 0.5) is 5.69 Å². The SMILES string of the molecule is NC(=O)c1scc([C@@H]2O[C@H](CO)[C@@H](O)[C@H]2O)c1N. The van der Waals surface area contributed by atoms with Crippen molar-refractivity contribution < 1.29 is 24.9 Å². The van der Waals surface area contributed by atoms with Crippen LogP contribution in [0, 0.1) is 0 Å². The van der Waals surface area contributed by atoms with Crippen LogP contribution in [0.1, 0.15) is 21.3 Å². The van der Waals surface area contributed by atoms with Crippen LogP contribution >= 0.6 is 11.3 Å². The van der Waals surface area contributed by atoms with E-state index in [1.807, 2.05) is 0 Å². The van der Waals surface area contributed by atoms with E-state index in [4.69, 9.17) is 21.3 Å². The van der Waals surface area contributed by atoms with Crippen LogP contribution in [-0.2, 0) is 4.74 Å². The molecule has 18 heavy (non-hydrogen) atoms. The van der Waals surface area contributed by atoms with E-state index in [2.05, 4.69) is 0 Å². The number of hydrogen-bond acceptors (Lipinski definition) is 7. The van der Waals surface area contributed by atoms with E-state index >= 15 is 0 Å². The van der Waals surface area contributed by atoms with E-state index in [0.717, 1.165) is 11.3 Å². The molecular formula is C10H14N2O5S. The average Bonchev–Trinajstić information content (AvgIpc) is 2.82. The molecule has 7 nitrogen and oxygen atoms in total. The zero-order chi connectivity index (χ0) is 13.4. The second kappa shape index (κ2) is 4.82. The number of aliphatic hydroxyl groups excluding tert-OH is 3. The highest BCUT2D eigenvalue weighted by molar-refractivity contribution is 7.12. The third kappa shape index (κ3) is 1.98. The Morgan fingerprint density at radius 1 is 1.44 bits per heavy atom. The van der Waals surface area contributed by atoms with Crippen LogP contribution in [0.25, 0.3) is 0 Å². The summed E-state index contributed by atoms with van der Waals surface area (Å²) in [7, 11) is 0. The first-order chi connectivity index (χ1) is 8.47. The molecule has 4 atom stereocenters. The molecular weight excluding hydrogens is 260 g/mol. The Morgan fingerprint density at radius 3 is 2.56 bits per heavy atom. The summed E-state index contributed by atoms with van der Waals surface area (Å²) >= 11 is 1.05. The summed E-state index contributed by atoms with van der Waals surface area (Å²) in [5.74, 6) is -0.657. The Bertz CT molecular complexity index is 463. The van der Waals surface area contributed by atoms with Crippen molar-refractivity contribution in [3.63, 3.8) is 0 Å². The maximum absolute atomic E-state index is 11.1. The maximum atomic E-state index is 11.1. The van der Waals surface area contributed by atoms with Gasteiger partial charge in [0.1, 0.15) is 29.3 Å². The molecule has 1 saturated heterocycles. The minimum Gasteiger partial charge on any atom is -0.397 e. The third-order valence-corrected chi connectivity index (χ3v) is 3.96. The Labute approximate surface area is 107 Å². The van der Waals surface area contributed by atoms with Crippen LogP contribution in [0.3, 0.4) is 0 Å². The van der Waals surface area contributed by atoms with Crippen LogP contribution in [-0.4, -0.2) is 46.1 Å². The molecule has 8 heteroatoms. The molecule has 1 aromatic rings. The second-order valence-electron chi connectivity index (χ2n) is 4.06. The lowest BCUT2D eigenvalue weighted by Gasteiger charge is -2.14. The average molecular weight is 274 g/mol. The number of rotatable bonds is 3. The van der Waals surface area contributed by atoms with Gasteiger partial charge in [-0.1, -0.05) is 0 Å². The standard InChI is InChI=1S/C10H14N2O5S/c11-5-3(2-18-9(5)10(12)16)8-7(15)6(14)4(1-13)17-8/h2,4,6-8,13-15H,1,11H2,(H2,12,16)/t4-,6-,7-,8+/m1/s1. The van der Waals surface area contributed by atoms with Gasteiger partial charge in [0.15, 0.2) is 0 Å². The van der Waals surface area contributed by atoms with E-state index in [0.29, 0.717) is 5.56 Å². The number of thiophene rings is 1. The topological polar surface area (TPSA) is 139 Å². The van der Waals surface area contributed by atoms with Gasteiger partial charge in [-0.05, 0) is 5.38 Å². The fraction of sp³-hybridized carbons (Fsp3) is 0.500. The summed E-state index contributed by atoms with van der Waals surface area (Å²) in [4.78, 5) is 11.3. The first-order valence-electron chi connectivity index (χ1n) is 5.26. The van der Waals surface area contributed by atoms with Gasteiger partial charge in [-0.25, -0.2) is 0 Å². The Kier molecular flexibility index (Phi) is 3.55. The predicted molar refractivity (Wildman–Crippen MR) is 64.0 cm³/mol. The number of carbonyl (C=O) groups is 1.